The van der Waals surface area contributed by atoms with Crippen molar-refractivity contribution in [3.63, 3.8) is 0 Å². The number of nitrogens with two attached hydrogens (primary N) is 2. The lowest BCUT2D eigenvalue weighted by atomic mass is 10.3. The zero-order valence-corrected chi connectivity index (χ0v) is 12.0. The number of amides is 1. The molecule has 1 aromatic rings. The third-order valence-electron chi connectivity index (χ3n) is 1.76. The number of hydrazone groups is 1. The van der Waals surface area contributed by atoms with Crippen molar-refractivity contribution in [1.29, 1.82) is 0 Å². The Bertz CT molecular complexity index is 495. The quantitative estimate of drug-likeness (QED) is 0.261. The van der Waals surface area contributed by atoms with E-state index in [4.69, 9.17) is 46.4 Å². The van der Waals surface area contributed by atoms with Gasteiger partial charge >= 0.3 is 0 Å². The van der Waals surface area contributed by atoms with Crippen LogP contribution in [0.3, 0.4) is 0 Å². The molecule has 0 aliphatic rings. The molecule has 0 bridgehead atoms. The van der Waals surface area contributed by atoms with E-state index in [-0.39, 0.29) is 16.8 Å². The fourth-order valence-electron chi connectivity index (χ4n) is 0.981. The van der Waals surface area contributed by atoms with E-state index >= 15 is 0 Å². The zero-order valence-electron chi connectivity index (χ0n) is 8.91. The summed E-state index contributed by atoms with van der Waals surface area (Å²) in [6.07, 6.45) is 0. The molecule has 1 aromatic carbocycles. The molecule has 0 saturated heterocycles. The van der Waals surface area contributed by atoms with E-state index in [9.17, 15) is 4.79 Å². The number of hydrogen-bond donors (Lipinski definition) is 3. The number of nitrogens with zero attached hydrogens (tertiary/aromatic N) is 1. The van der Waals surface area contributed by atoms with E-state index in [1.54, 1.807) is 0 Å². The number of nitrogens with one attached hydrogen (secondary N) is 1. The molecule has 0 aromatic heterocycles. The van der Waals surface area contributed by atoms with E-state index in [1.165, 1.54) is 12.1 Å². The monoisotopic (exact) mass is 326 g/mol. The second-order valence-corrected chi connectivity index (χ2v) is 5.27. The van der Waals surface area contributed by atoms with Crippen LogP contribution in [-0.2, 0) is 4.79 Å². The van der Waals surface area contributed by atoms with Gasteiger partial charge in [-0.05, 0) is 12.1 Å². The normalized spacial score (nSPS) is 11.4. The molecule has 0 aliphatic carbocycles. The molecule has 5 N–H and O–H groups in total. The van der Waals surface area contributed by atoms with Crippen molar-refractivity contribution in [2.45, 2.75) is 0 Å². The number of anilines is 1. The highest BCUT2D eigenvalue weighted by atomic mass is 35.5. The Morgan fingerprint density at radius 1 is 1.28 bits per heavy atom. The molecule has 0 saturated carbocycles. The molecule has 0 spiro atoms. The van der Waals surface area contributed by atoms with Crippen molar-refractivity contribution >= 4 is 63.3 Å². The van der Waals surface area contributed by atoms with Crippen LogP contribution in [0.15, 0.2) is 17.2 Å². The summed E-state index contributed by atoms with van der Waals surface area (Å²) in [4.78, 5) is 11.6. The molecule has 9 heteroatoms. The van der Waals surface area contributed by atoms with Crippen molar-refractivity contribution in [3.8, 4) is 0 Å². The van der Waals surface area contributed by atoms with Gasteiger partial charge in [0.15, 0.2) is 5.17 Å². The van der Waals surface area contributed by atoms with Crippen LogP contribution in [0.25, 0.3) is 0 Å². The van der Waals surface area contributed by atoms with Gasteiger partial charge in [-0.3, -0.25) is 4.79 Å². The molecule has 18 heavy (non-hydrogen) atoms. The second kappa shape index (κ2) is 6.94. The molecule has 1 rings (SSSR count). The molecular formula is C9H9Cl3N4OS. The Hall–Kier alpha value is -0.820. The number of rotatable bonds is 3. The van der Waals surface area contributed by atoms with Crippen LogP contribution in [0, 0.1) is 0 Å². The van der Waals surface area contributed by atoms with Gasteiger partial charge in [-0.15, -0.1) is 0 Å². The van der Waals surface area contributed by atoms with Crippen LogP contribution >= 0.6 is 46.6 Å². The first-order chi connectivity index (χ1) is 8.43. The van der Waals surface area contributed by atoms with E-state index < -0.39 is 0 Å². The molecule has 0 fully saturated rings. The summed E-state index contributed by atoms with van der Waals surface area (Å²) in [6.45, 7) is 0. The molecule has 0 radical (unpaired) electrons. The van der Waals surface area contributed by atoms with Gasteiger partial charge in [0.25, 0.3) is 0 Å². The average Bonchev–Trinajstić information content (AvgIpc) is 2.33. The van der Waals surface area contributed by atoms with Crippen molar-refractivity contribution in [2.24, 2.45) is 16.7 Å². The molecule has 0 heterocycles. The van der Waals surface area contributed by atoms with Gasteiger partial charge in [0, 0.05) is 0 Å². The van der Waals surface area contributed by atoms with Gasteiger partial charge < -0.3 is 16.9 Å². The Balaban J connectivity index is 2.68. The molecule has 0 atom stereocenters. The number of hydrogen-bond acceptors (Lipinski definition) is 4. The standard InChI is InChI=1S/C9H9Cl3N4OS/c10-4-1-6(12)7(2-5(4)11)15-8(17)3-18-9(13)16-14/h1-2H,3,14H2,(H2,13,16)(H,15,17). The van der Waals surface area contributed by atoms with Crippen molar-refractivity contribution < 1.29 is 4.79 Å². The molecule has 5 nitrogen and oxygen atoms in total. The lowest BCUT2D eigenvalue weighted by Gasteiger charge is -2.08. The minimum Gasteiger partial charge on any atom is -0.377 e. The van der Waals surface area contributed by atoms with E-state index in [0.29, 0.717) is 20.8 Å². The Morgan fingerprint density at radius 3 is 2.50 bits per heavy atom. The van der Waals surface area contributed by atoms with E-state index in [1.807, 2.05) is 0 Å². The first-order valence-corrected chi connectivity index (χ1v) is 6.66. The molecule has 1 amide bonds. The maximum absolute atomic E-state index is 11.6. The summed E-state index contributed by atoms with van der Waals surface area (Å²) in [7, 11) is 0. The highest BCUT2D eigenvalue weighted by Gasteiger charge is 2.10. The Morgan fingerprint density at radius 2 is 1.89 bits per heavy atom. The van der Waals surface area contributed by atoms with Crippen LogP contribution in [-0.4, -0.2) is 16.8 Å². The highest BCUT2D eigenvalue weighted by molar-refractivity contribution is 8.14. The zero-order chi connectivity index (χ0) is 13.7. The fraction of sp³-hybridized carbons (Fsp3) is 0.111. The topological polar surface area (TPSA) is 93.5 Å². The fourth-order valence-corrected chi connectivity index (χ4v) is 2.00. The van der Waals surface area contributed by atoms with Crippen LogP contribution in [0.4, 0.5) is 5.69 Å². The highest BCUT2D eigenvalue weighted by Crippen LogP contribution is 2.32. The number of carbonyl (C=O) groups excluding carboxylic acids is 1. The molecule has 0 aliphatic heterocycles. The summed E-state index contributed by atoms with van der Waals surface area (Å²) in [5.74, 6) is 4.67. The minimum atomic E-state index is -0.313. The smallest absolute Gasteiger partial charge is 0.234 e. The SMILES string of the molecule is NN=C(N)SCC(=O)Nc1cc(Cl)c(Cl)cc1Cl. The number of amidine groups is 1. The Kier molecular flexibility index (Phi) is 5.87. The number of carbonyl (C=O) groups is 1. The van der Waals surface area contributed by atoms with Crippen molar-refractivity contribution in [1.82, 2.24) is 0 Å². The summed E-state index contributed by atoms with van der Waals surface area (Å²) < 4.78 is 0. The second-order valence-electron chi connectivity index (χ2n) is 3.05. The van der Waals surface area contributed by atoms with E-state index in [2.05, 4.69) is 10.4 Å². The predicted molar refractivity (Wildman–Crippen MR) is 78.4 cm³/mol. The summed E-state index contributed by atoms with van der Waals surface area (Å²) in [5, 5.41) is 6.82. The number of halogens is 3. The first kappa shape index (κ1) is 15.2. The number of thioether (sulfide) groups is 1. The van der Waals surface area contributed by atoms with Crippen molar-refractivity contribution in [2.75, 3.05) is 11.1 Å². The minimum absolute atomic E-state index is 0.0586. The van der Waals surface area contributed by atoms with Crippen LogP contribution in [0.2, 0.25) is 15.1 Å². The maximum atomic E-state index is 11.6. The average molecular weight is 328 g/mol. The third-order valence-corrected chi connectivity index (χ3v) is 3.61. The molecule has 98 valence electrons. The van der Waals surface area contributed by atoms with Gasteiger partial charge in [-0.25, -0.2) is 0 Å². The predicted octanol–water partition coefficient (Wildman–Crippen LogP) is 2.51. The van der Waals surface area contributed by atoms with Gasteiger partial charge in [-0.1, -0.05) is 46.6 Å². The van der Waals surface area contributed by atoms with Gasteiger partial charge in [-0.2, -0.15) is 5.10 Å². The Labute approximate surface area is 123 Å². The summed E-state index contributed by atoms with van der Waals surface area (Å²) >= 11 is 18.5. The van der Waals surface area contributed by atoms with Crippen molar-refractivity contribution in [3.05, 3.63) is 27.2 Å². The largest absolute Gasteiger partial charge is 0.377 e. The van der Waals surface area contributed by atoms with Crippen LogP contribution in [0.5, 0.6) is 0 Å². The van der Waals surface area contributed by atoms with Gasteiger partial charge in [0.05, 0.1) is 26.5 Å². The van der Waals surface area contributed by atoms with Crippen LogP contribution < -0.4 is 16.9 Å². The summed E-state index contributed by atoms with van der Waals surface area (Å²) in [5.41, 5.74) is 5.71. The summed E-state index contributed by atoms with van der Waals surface area (Å²) in [6, 6.07) is 2.92. The van der Waals surface area contributed by atoms with E-state index in [0.717, 1.165) is 11.8 Å². The lowest BCUT2D eigenvalue weighted by molar-refractivity contribution is -0.113. The molecular weight excluding hydrogens is 319 g/mol. The van der Waals surface area contributed by atoms with Gasteiger partial charge in [0.1, 0.15) is 0 Å². The third kappa shape index (κ3) is 4.45. The molecule has 0 unspecified atom stereocenters. The maximum Gasteiger partial charge on any atom is 0.234 e. The lowest BCUT2D eigenvalue weighted by Crippen LogP contribution is -2.18. The van der Waals surface area contributed by atoms with Crippen LogP contribution in [0.1, 0.15) is 0 Å². The number of benzene rings is 1. The first-order valence-electron chi connectivity index (χ1n) is 4.54. The van der Waals surface area contributed by atoms with Gasteiger partial charge in [0.2, 0.25) is 5.91 Å².